The number of nitrogens with one attached hydrogen (secondary N) is 1. The maximum atomic E-state index is 10.4. The molecule has 1 aromatic rings. The molecule has 0 bridgehead atoms. The van der Waals surface area contributed by atoms with Crippen LogP contribution < -0.4 is 5.56 Å². The summed E-state index contributed by atoms with van der Waals surface area (Å²) >= 11 is 5.46. The predicted octanol–water partition coefficient (Wildman–Crippen LogP) is 1.11. The molecule has 0 aromatic carbocycles. The number of halogens is 1. The van der Waals surface area contributed by atoms with E-state index in [1.807, 2.05) is 0 Å². The second kappa shape index (κ2) is 2.69. The van der Waals surface area contributed by atoms with Gasteiger partial charge in [-0.05, 0) is 5.56 Å². The number of H-pyrrole nitrogens is 1. The van der Waals surface area contributed by atoms with Crippen molar-refractivity contribution in [1.82, 2.24) is 4.98 Å². The number of hydrogen-bond acceptors (Lipinski definition) is 1. The standard InChI is InChI=1S/C6H6ClNO/c7-3-5-1-2-6(9)8-4-5/h1-2,4H,3H2,(H,8,9). The minimum atomic E-state index is -0.0936. The molecule has 0 aliphatic heterocycles. The van der Waals surface area contributed by atoms with E-state index in [2.05, 4.69) is 4.98 Å². The monoisotopic (exact) mass is 143 g/mol. The topological polar surface area (TPSA) is 32.9 Å². The van der Waals surface area contributed by atoms with Gasteiger partial charge < -0.3 is 4.98 Å². The van der Waals surface area contributed by atoms with Gasteiger partial charge in [0.25, 0.3) is 0 Å². The maximum Gasteiger partial charge on any atom is 0.247 e. The Morgan fingerprint density at radius 1 is 1.56 bits per heavy atom. The number of aromatic amines is 1. The fourth-order valence-corrected chi connectivity index (χ4v) is 0.692. The van der Waals surface area contributed by atoms with Gasteiger partial charge in [-0.15, -0.1) is 11.6 Å². The molecule has 0 fully saturated rings. The lowest BCUT2D eigenvalue weighted by atomic mass is 10.3. The Morgan fingerprint density at radius 3 is 2.78 bits per heavy atom. The quantitative estimate of drug-likeness (QED) is 0.587. The number of aromatic nitrogens is 1. The summed E-state index contributed by atoms with van der Waals surface area (Å²) < 4.78 is 0. The summed E-state index contributed by atoms with van der Waals surface area (Å²) in [5.74, 6) is 0.441. The van der Waals surface area contributed by atoms with Gasteiger partial charge in [0.1, 0.15) is 0 Å². The average molecular weight is 144 g/mol. The van der Waals surface area contributed by atoms with E-state index >= 15 is 0 Å². The Kier molecular flexibility index (Phi) is 1.90. The Labute approximate surface area is 57.5 Å². The molecule has 2 nitrogen and oxygen atoms in total. The zero-order chi connectivity index (χ0) is 6.69. The maximum absolute atomic E-state index is 10.4. The predicted molar refractivity (Wildman–Crippen MR) is 36.6 cm³/mol. The van der Waals surface area contributed by atoms with Gasteiger partial charge in [-0.2, -0.15) is 0 Å². The number of hydrogen-bond donors (Lipinski definition) is 1. The first-order chi connectivity index (χ1) is 4.33. The summed E-state index contributed by atoms with van der Waals surface area (Å²) in [6.07, 6.45) is 1.61. The first-order valence-corrected chi connectivity index (χ1v) is 3.10. The Hall–Kier alpha value is -0.760. The summed E-state index contributed by atoms with van der Waals surface area (Å²) in [6.45, 7) is 0. The minimum Gasteiger partial charge on any atom is -0.329 e. The lowest BCUT2D eigenvalue weighted by Crippen LogP contribution is -2.01. The SMILES string of the molecule is O=c1ccc(CCl)c[nH]1. The molecular formula is C6H6ClNO. The van der Waals surface area contributed by atoms with Gasteiger partial charge in [-0.25, -0.2) is 0 Å². The summed E-state index contributed by atoms with van der Waals surface area (Å²) in [4.78, 5) is 12.9. The molecule has 0 unspecified atom stereocenters. The van der Waals surface area contributed by atoms with Crippen LogP contribution in [0.15, 0.2) is 23.1 Å². The zero-order valence-electron chi connectivity index (χ0n) is 4.73. The van der Waals surface area contributed by atoms with Gasteiger partial charge in [0.15, 0.2) is 0 Å². The second-order valence-electron chi connectivity index (χ2n) is 1.69. The molecule has 0 radical (unpaired) electrons. The molecule has 9 heavy (non-hydrogen) atoms. The molecule has 0 spiro atoms. The van der Waals surface area contributed by atoms with E-state index in [1.54, 1.807) is 12.3 Å². The second-order valence-corrected chi connectivity index (χ2v) is 1.96. The molecule has 1 N–H and O–H groups in total. The average Bonchev–Trinajstić information content (AvgIpc) is 1.90. The van der Waals surface area contributed by atoms with Crippen LogP contribution in [0.5, 0.6) is 0 Å². The fourth-order valence-electron chi connectivity index (χ4n) is 0.526. The van der Waals surface area contributed by atoms with Crippen molar-refractivity contribution in [3.8, 4) is 0 Å². The van der Waals surface area contributed by atoms with Gasteiger partial charge in [0, 0.05) is 18.1 Å². The van der Waals surface area contributed by atoms with E-state index in [9.17, 15) is 4.79 Å². The molecule has 0 saturated carbocycles. The van der Waals surface area contributed by atoms with Crippen LogP contribution in [-0.2, 0) is 5.88 Å². The Balaban J connectivity index is 3.02. The molecule has 0 aliphatic carbocycles. The van der Waals surface area contributed by atoms with E-state index in [0.717, 1.165) is 5.56 Å². The highest BCUT2D eigenvalue weighted by atomic mass is 35.5. The van der Waals surface area contributed by atoms with Crippen LogP contribution in [-0.4, -0.2) is 4.98 Å². The molecular weight excluding hydrogens is 138 g/mol. The van der Waals surface area contributed by atoms with Gasteiger partial charge in [0.2, 0.25) is 5.56 Å². The fraction of sp³-hybridized carbons (Fsp3) is 0.167. The van der Waals surface area contributed by atoms with Crippen molar-refractivity contribution in [2.45, 2.75) is 5.88 Å². The van der Waals surface area contributed by atoms with Gasteiger partial charge >= 0.3 is 0 Å². The highest BCUT2D eigenvalue weighted by Gasteiger charge is 1.85. The number of rotatable bonds is 1. The van der Waals surface area contributed by atoms with E-state index in [-0.39, 0.29) is 5.56 Å². The van der Waals surface area contributed by atoms with Crippen molar-refractivity contribution in [2.24, 2.45) is 0 Å². The normalized spacial score (nSPS) is 9.44. The molecule has 1 heterocycles. The smallest absolute Gasteiger partial charge is 0.247 e. The minimum absolute atomic E-state index is 0.0936. The van der Waals surface area contributed by atoms with Crippen LogP contribution in [0.3, 0.4) is 0 Å². The van der Waals surface area contributed by atoms with Crippen LogP contribution in [0.1, 0.15) is 5.56 Å². The summed E-state index contributed by atoms with van der Waals surface area (Å²) in [6, 6.07) is 3.16. The summed E-state index contributed by atoms with van der Waals surface area (Å²) in [7, 11) is 0. The van der Waals surface area contributed by atoms with Crippen LogP contribution >= 0.6 is 11.6 Å². The van der Waals surface area contributed by atoms with Gasteiger partial charge in [-0.3, -0.25) is 4.79 Å². The van der Waals surface area contributed by atoms with E-state index in [4.69, 9.17) is 11.6 Å². The molecule has 1 rings (SSSR count). The van der Waals surface area contributed by atoms with Crippen molar-refractivity contribution >= 4 is 11.6 Å². The van der Waals surface area contributed by atoms with Gasteiger partial charge in [-0.1, -0.05) is 6.07 Å². The largest absolute Gasteiger partial charge is 0.329 e. The van der Waals surface area contributed by atoms with E-state index < -0.39 is 0 Å². The first-order valence-electron chi connectivity index (χ1n) is 2.56. The number of pyridine rings is 1. The zero-order valence-corrected chi connectivity index (χ0v) is 5.48. The third-order valence-corrected chi connectivity index (χ3v) is 1.31. The van der Waals surface area contributed by atoms with Crippen molar-refractivity contribution < 1.29 is 0 Å². The van der Waals surface area contributed by atoms with E-state index in [0.29, 0.717) is 5.88 Å². The highest BCUT2D eigenvalue weighted by Crippen LogP contribution is 1.96. The van der Waals surface area contributed by atoms with E-state index in [1.165, 1.54) is 6.07 Å². The van der Waals surface area contributed by atoms with Crippen molar-refractivity contribution in [2.75, 3.05) is 0 Å². The van der Waals surface area contributed by atoms with Crippen LogP contribution in [0.25, 0.3) is 0 Å². The molecule has 0 aliphatic rings. The lowest BCUT2D eigenvalue weighted by Gasteiger charge is -1.88. The molecule has 0 saturated heterocycles. The van der Waals surface area contributed by atoms with Crippen LogP contribution in [0, 0.1) is 0 Å². The Bertz CT molecular complexity index is 223. The molecule has 1 aromatic heterocycles. The van der Waals surface area contributed by atoms with Crippen molar-refractivity contribution in [1.29, 1.82) is 0 Å². The van der Waals surface area contributed by atoms with Crippen molar-refractivity contribution in [3.05, 3.63) is 34.2 Å². The molecule has 48 valence electrons. The third kappa shape index (κ3) is 1.57. The molecule has 0 atom stereocenters. The summed E-state index contributed by atoms with van der Waals surface area (Å²) in [5.41, 5.74) is 0.833. The number of alkyl halides is 1. The Morgan fingerprint density at radius 2 is 2.33 bits per heavy atom. The first kappa shape index (κ1) is 6.36. The van der Waals surface area contributed by atoms with Crippen LogP contribution in [0.2, 0.25) is 0 Å². The van der Waals surface area contributed by atoms with Gasteiger partial charge in [0.05, 0.1) is 0 Å². The highest BCUT2D eigenvalue weighted by molar-refractivity contribution is 6.17. The summed E-state index contributed by atoms with van der Waals surface area (Å²) in [5, 5.41) is 0. The van der Waals surface area contributed by atoms with Crippen LogP contribution in [0.4, 0.5) is 0 Å². The third-order valence-electron chi connectivity index (χ3n) is 1.00. The lowest BCUT2D eigenvalue weighted by molar-refractivity contribution is 1.19. The van der Waals surface area contributed by atoms with Crippen molar-refractivity contribution in [3.63, 3.8) is 0 Å². The molecule has 0 amide bonds. The molecule has 3 heteroatoms.